The molecule has 1 aromatic rings. The molecule has 1 aromatic carbocycles. The predicted octanol–water partition coefficient (Wildman–Crippen LogP) is 1.42. The lowest BCUT2D eigenvalue weighted by atomic mass is 10.1. The number of likely N-dealkylation sites (N-methyl/N-ethyl adjacent to an activating group) is 1. The van der Waals surface area contributed by atoms with Crippen molar-refractivity contribution in [2.75, 3.05) is 32.5 Å². The topological polar surface area (TPSA) is 59.3 Å². The molecule has 0 aromatic heterocycles. The molecule has 1 unspecified atom stereocenters. The first-order valence-electron chi connectivity index (χ1n) is 5.65. The van der Waals surface area contributed by atoms with Crippen LogP contribution in [-0.2, 0) is 0 Å². The van der Waals surface area contributed by atoms with Crippen LogP contribution in [0.2, 0.25) is 0 Å². The highest BCUT2D eigenvalue weighted by molar-refractivity contribution is 5.49. The van der Waals surface area contributed by atoms with E-state index in [0.717, 1.165) is 0 Å². The van der Waals surface area contributed by atoms with Crippen molar-refractivity contribution in [3.05, 3.63) is 29.6 Å². The third-order valence-electron chi connectivity index (χ3n) is 2.41. The van der Waals surface area contributed by atoms with Crippen LogP contribution in [-0.4, -0.2) is 42.8 Å². The summed E-state index contributed by atoms with van der Waals surface area (Å²) in [5.41, 5.74) is -0.393. The fourth-order valence-corrected chi connectivity index (χ4v) is 1.75. The maximum atomic E-state index is 13.6. The van der Waals surface area contributed by atoms with Gasteiger partial charge >= 0.3 is 0 Å². The quantitative estimate of drug-likeness (QED) is 0.831. The molecule has 98 valence electrons. The molecule has 0 aliphatic rings. The van der Waals surface area contributed by atoms with E-state index in [2.05, 4.69) is 5.32 Å². The van der Waals surface area contributed by atoms with Gasteiger partial charge in [0, 0.05) is 13.1 Å². The number of nitriles is 1. The molecule has 0 saturated carbocycles. The van der Waals surface area contributed by atoms with Crippen molar-refractivity contribution >= 4 is 5.69 Å². The Kier molecular flexibility index (Phi) is 4.65. The maximum Gasteiger partial charge on any atom is 0.147 e. The van der Waals surface area contributed by atoms with Crippen LogP contribution in [0.4, 0.5) is 10.1 Å². The molecule has 0 spiro atoms. The van der Waals surface area contributed by atoms with Gasteiger partial charge in [0.25, 0.3) is 0 Å². The van der Waals surface area contributed by atoms with E-state index in [0.29, 0.717) is 6.54 Å². The van der Waals surface area contributed by atoms with Gasteiger partial charge in [-0.3, -0.25) is 0 Å². The first-order valence-corrected chi connectivity index (χ1v) is 5.65. The number of halogens is 1. The summed E-state index contributed by atoms with van der Waals surface area (Å²) < 4.78 is 13.6. The lowest BCUT2D eigenvalue weighted by Crippen LogP contribution is -2.43. The van der Waals surface area contributed by atoms with Gasteiger partial charge in [0.15, 0.2) is 0 Å². The van der Waals surface area contributed by atoms with E-state index in [4.69, 9.17) is 5.26 Å². The van der Waals surface area contributed by atoms with Crippen LogP contribution in [0.1, 0.15) is 12.5 Å². The van der Waals surface area contributed by atoms with Gasteiger partial charge in [-0.05, 0) is 39.2 Å². The standard InChI is InChI=1S/C13H18FN3O/c1-13(18,9-17(2)3)8-16-12-5-4-10(7-15)6-11(12)14/h4-6,16,18H,8-9H2,1-3H3. The van der Waals surface area contributed by atoms with Crippen molar-refractivity contribution in [3.63, 3.8) is 0 Å². The summed E-state index contributed by atoms with van der Waals surface area (Å²) in [6.45, 7) is 2.38. The first kappa shape index (κ1) is 14.4. The van der Waals surface area contributed by atoms with Gasteiger partial charge in [0.2, 0.25) is 0 Å². The van der Waals surface area contributed by atoms with Crippen molar-refractivity contribution in [3.8, 4) is 6.07 Å². The van der Waals surface area contributed by atoms with Gasteiger partial charge in [-0.25, -0.2) is 4.39 Å². The third-order valence-corrected chi connectivity index (χ3v) is 2.41. The van der Waals surface area contributed by atoms with Crippen LogP contribution in [0.25, 0.3) is 0 Å². The van der Waals surface area contributed by atoms with E-state index in [1.54, 1.807) is 6.92 Å². The van der Waals surface area contributed by atoms with Gasteiger partial charge < -0.3 is 15.3 Å². The van der Waals surface area contributed by atoms with Crippen LogP contribution < -0.4 is 5.32 Å². The minimum Gasteiger partial charge on any atom is -0.387 e. The second-order valence-corrected chi connectivity index (χ2v) is 4.89. The zero-order valence-electron chi connectivity index (χ0n) is 10.9. The molecule has 4 nitrogen and oxygen atoms in total. The van der Waals surface area contributed by atoms with Gasteiger partial charge in [-0.15, -0.1) is 0 Å². The molecule has 2 N–H and O–H groups in total. The summed E-state index contributed by atoms with van der Waals surface area (Å²) in [5, 5.41) is 21.5. The fourth-order valence-electron chi connectivity index (χ4n) is 1.75. The molecule has 0 radical (unpaired) electrons. The summed E-state index contributed by atoms with van der Waals surface area (Å²) in [7, 11) is 3.72. The zero-order valence-corrected chi connectivity index (χ0v) is 10.9. The van der Waals surface area contributed by atoms with E-state index in [1.807, 2.05) is 25.1 Å². The molecule has 5 heteroatoms. The summed E-state index contributed by atoms with van der Waals surface area (Å²) in [5.74, 6) is -0.491. The second-order valence-electron chi connectivity index (χ2n) is 4.89. The minimum absolute atomic E-state index is 0.230. The van der Waals surface area contributed by atoms with Gasteiger partial charge in [-0.1, -0.05) is 0 Å². The van der Waals surface area contributed by atoms with E-state index < -0.39 is 11.4 Å². The number of nitrogens with one attached hydrogen (secondary N) is 1. The lowest BCUT2D eigenvalue weighted by molar-refractivity contribution is 0.0459. The summed E-state index contributed by atoms with van der Waals surface area (Å²) >= 11 is 0. The van der Waals surface area contributed by atoms with E-state index in [-0.39, 0.29) is 17.8 Å². The minimum atomic E-state index is -0.955. The highest BCUT2D eigenvalue weighted by Crippen LogP contribution is 2.16. The van der Waals surface area contributed by atoms with Crippen LogP contribution in [0.15, 0.2) is 18.2 Å². The number of aliphatic hydroxyl groups is 1. The molecular weight excluding hydrogens is 233 g/mol. The van der Waals surface area contributed by atoms with Crippen LogP contribution in [0.3, 0.4) is 0 Å². The van der Waals surface area contributed by atoms with Crippen molar-refractivity contribution in [1.82, 2.24) is 4.90 Å². The molecular formula is C13H18FN3O. The van der Waals surface area contributed by atoms with Gasteiger partial charge in [0.1, 0.15) is 5.82 Å². The number of hydrogen-bond acceptors (Lipinski definition) is 4. The zero-order chi connectivity index (χ0) is 13.8. The first-order chi connectivity index (χ1) is 8.34. The number of benzene rings is 1. The smallest absolute Gasteiger partial charge is 0.147 e. The average Bonchev–Trinajstić information content (AvgIpc) is 2.25. The average molecular weight is 251 g/mol. The highest BCUT2D eigenvalue weighted by Gasteiger charge is 2.21. The summed E-state index contributed by atoms with van der Waals surface area (Å²) in [4.78, 5) is 1.86. The largest absolute Gasteiger partial charge is 0.387 e. The van der Waals surface area contributed by atoms with E-state index in [9.17, 15) is 9.50 Å². The van der Waals surface area contributed by atoms with Crippen LogP contribution in [0, 0.1) is 17.1 Å². The molecule has 0 aliphatic carbocycles. The number of hydrogen-bond donors (Lipinski definition) is 2. The Hall–Kier alpha value is -1.64. The highest BCUT2D eigenvalue weighted by atomic mass is 19.1. The van der Waals surface area contributed by atoms with Crippen molar-refractivity contribution < 1.29 is 9.50 Å². The number of anilines is 1. The Bertz CT molecular complexity index is 452. The maximum absolute atomic E-state index is 13.6. The third kappa shape index (κ3) is 4.32. The molecule has 0 saturated heterocycles. The SMILES string of the molecule is CN(C)CC(C)(O)CNc1ccc(C#N)cc1F. The Morgan fingerprint density at radius 2 is 2.17 bits per heavy atom. The molecule has 0 bridgehead atoms. The number of nitrogens with zero attached hydrogens (tertiary/aromatic N) is 2. The van der Waals surface area contributed by atoms with Crippen LogP contribution >= 0.6 is 0 Å². The van der Waals surface area contributed by atoms with Gasteiger partial charge in [0.05, 0.1) is 22.9 Å². The predicted molar refractivity (Wildman–Crippen MR) is 68.8 cm³/mol. The molecule has 0 aliphatic heterocycles. The second kappa shape index (κ2) is 5.80. The molecule has 1 atom stereocenters. The Balaban J connectivity index is 2.67. The van der Waals surface area contributed by atoms with Gasteiger partial charge in [-0.2, -0.15) is 5.26 Å². The summed E-state index contributed by atoms with van der Waals surface area (Å²) in [6, 6.07) is 6.07. The molecule has 1 rings (SSSR count). The number of rotatable bonds is 5. The molecule has 0 fully saturated rings. The molecule has 0 heterocycles. The fraction of sp³-hybridized carbons (Fsp3) is 0.462. The Morgan fingerprint density at radius 1 is 1.50 bits per heavy atom. The Morgan fingerprint density at radius 3 is 2.67 bits per heavy atom. The van der Waals surface area contributed by atoms with E-state index in [1.165, 1.54) is 18.2 Å². The van der Waals surface area contributed by atoms with Crippen LogP contribution in [0.5, 0.6) is 0 Å². The van der Waals surface area contributed by atoms with Crippen molar-refractivity contribution in [1.29, 1.82) is 5.26 Å². The monoisotopic (exact) mass is 251 g/mol. The van der Waals surface area contributed by atoms with E-state index >= 15 is 0 Å². The molecule has 0 amide bonds. The lowest BCUT2D eigenvalue weighted by Gasteiger charge is -2.27. The van der Waals surface area contributed by atoms with Crippen molar-refractivity contribution in [2.24, 2.45) is 0 Å². The Labute approximate surface area is 107 Å². The normalized spacial score (nSPS) is 14.1. The molecule has 18 heavy (non-hydrogen) atoms. The summed E-state index contributed by atoms with van der Waals surface area (Å²) in [6.07, 6.45) is 0. The van der Waals surface area contributed by atoms with Crippen molar-refractivity contribution in [2.45, 2.75) is 12.5 Å².